The summed E-state index contributed by atoms with van der Waals surface area (Å²) in [6.45, 7) is 0.660. The Morgan fingerprint density at radius 3 is 1.00 bits per heavy atom. The van der Waals surface area contributed by atoms with Gasteiger partial charge in [0.2, 0.25) is 0 Å². The molecule has 0 spiro atoms. The summed E-state index contributed by atoms with van der Waals surface area (Å²) in [5, 5.41) is 16.9. The van der Waals surface area contributed by atoms with Crippen molar-refractivity contribution in [2.75, 3.05) is 13.2 Å². The SMILES string of the molecule is OCCCCCCCCCO.[SrH2]. The summed E-state index contributed by atoms with van der Waals surface area (Å²) in [4.78, 5) is 0. The van der Waals surface area contributed by atoms with Crippen LogP contribution in [0.3, 0.4) is 0 Å². The number of aliphatic hydroxyl groups is 2. The molecule has 0 aliphatic carbocycles. The van der Waals surface area contributed by atoms with E-state index in [1.807, 2.05) is 0 Å². The van der Waals surface area contributed by atoms with E-state index in [4.69, 9.17) is 10.2 Å². The van der Waals surface area contributed by atoms with Gasteiger partial charge in [-0.3, -0.25) is 0 Å². The van der Waals surface area contributed by atoms with Crippen LogP contribution in [-0.4, -0.2) is 68.9 Å². The Morgan fingerprint density at radius 1 is 0.500 bits per heavy atom. The van der Waals surface area contributed by atoms with Crippen molar-refractivity contribution in [2.45, 2.75) is 44.9 Å². The summed E-state index contributed by atoms with van der Waals surface area (Å²) in [5.41, 5.74) is 0. The second-order valence-corrected chi connectivity index (χ2v) is 2.92. The maximum atomic E-state index is 8.47. The Balaban J connectivity index is 0. The Morgan fingerprint density at radius 2 is 0.750 bits per heavy atom. The standard InChI is InChI=1S/C9H20O2.Sr.2H/c10-8-6-4-2-1-3-5-7-9-11;;;/h10-11H,1-9H2;;;. The molecule has 0 aliphatic rings. The van der Waals surface area contributed by atoms with Crippen molar-refractivity contribution in [1.82, 2.24) is 0 Å². The Labute approximate surface area is 113 Å². The van der Waals surface area contributed by atoms with E-state index in [-0.39, 0.29) is 45.5 Å². The van der Waals surface area contributed by atoms with Crippen molar-refractivity contribution < 1.29 is 10.2 Å². The van der Waals surface area contributed by atoms with Gasteiger partial charge in [0.1, 0.15) is 0 Å². The van der Waals surface area contributed by atoms with Gasteiger partial charge in [-0.2, -0.15) is 0 Å². The molecule has 12 heavy (non-hydrogen) atoms. The molecule has 0 atom stereocenters. The van der Waals surface area contributed by atoms with Gasteiger partial charge in [-0.05, 0) is 12.8 Å². The van der Waals surface area contributed by atoms with Crippen molar-refractivity contribution in [2.24, 2.45) is 0 Å². The third-order valence-electron chi connectivity index (χ3n) is 1.82. The first kappa shape index (κ1) is 15.9. The van der Waals surface area contributed by atoms with Gasteiger partial charge in [-0.25, -0.2) is 0 Å². The van der Waals surface area contributed by atoms with Gasteiger partial charge in [-0.1, -0.05) is 32.1 Å². The Hall–Kier alpha value is 1.40. The number of hydrogen-bond acceptors (Lipinski definition) is 2. The topological polar surface area (TPSA) is 40.5 Å². The second kappa shape index (κ2) is 14.9. The molecule has 0 aromatic rings. The zero-order valence-corrected chi connectivity index (χ0v) is 7.26. The Kier molecular flexibility index (Phi) is 19.7. The fourth-order valence-electron chi connectivity index (χ4n) is 1.11. The third kappa shape index (κ3) is 14.0. The molecule has 0 aliphatic heterocycles. The van der Waals surface area contributed by atoms with Crippen molar-refractivity contribution in [3.05, 3.63) is 0 Å². The fraction of sp³-hybridized carbons (Fsp3) is 1.00. The number of aliphatic hydroxyl groups excluding tert-OH is 2. The van der Waals surface area contributed by atoms with E-state index in [1.54, 1.807) is 0 Å². The van der Waals surface area contributed by atoms with Crippen LogP contribution in [-0.2, 0) is 0 Å². The van der Waals surface area contributed by atoms with Crippen molar-refractivity contribution in [3.63, 3.8) is 0 Å². The maximum absolute atomic E-state index is 8.47. The fourth-order valence-corrected chi connectivity index (χ4v) is 1.11. The molecular weight excluding hydrogens is 228 g/mol. The van der Waals surface area contributed by atoms with Crippen LogP contribution in [0.1, 0.15) is 44.9 Å². The second-order valence-electron chi connectivity index (χ2n) is 2.92. The summed E-state index contributed by atoms with van der Waals surface area (Å²) in [7, 11) is 0. The van der Waals surface area contributed by atoms with E-state index in [0.29, 0.717) is 13.2 Å². The quantitative estimate of drug-likeness (QED) is 0.493. The van der Waals surface area contributed by atoms with E-state index < -0.39 is 0 Å². The van der Waals surface area contributed by atoms with E-state index >= 15 is 0 Å². The molecule has 2 nitrogen and oxygen atoms in total. The van der Waals surface area contributed by atoms with Crippen LogP contribution in [0.5, 0.6) is 0 Å². The van der Waals surface area contributed by atoms with Gasteiger partial charge in [0.25, 0.3) is 0 Å². The van der Waals surface area contributed by atoms with Gasteiger partial charge in [0.15, 0.2) is 0 Å². The zero-order chi connectivity index (χ0) is 8.36. The molecular formula is C9H22O2Sr. The Bertz CT molecular complexity index is 61.5. The molecule has 0 rings (SSSR count). The molecule has 0 bridgehead atoms. The molecule has 2 N–H and O–H groups in total. The van der Waals surface area contributed by atoms with E-state index in [2.05, 4.69) is 0 Å². The number of rotatable bonds is 8. The first-order valence-corrected chi connectivity index (χ1v) is 4.63. The third-order valence-corrected chi connectivity index (χ3v) is 1.82. The van der Waals surface area contributed by atoms with Crippen molar-refractivity contribution in [3.8, 4) is 0 Å². The molecule has 0 radical (unpaired) electrons. The van der Waals surface area contributed by atoms with E-state index in [9.17, 15) is 0 Å². The molecule has 0 fully saturated rings. The van der Waals surface area contributed by atoms with Crippen LogP contribution in [0.2, 0.25) is 0 Å². The summed E-state index contributed by atoms with van der Waals surface area (Å²) in [5.74, 6) is 0. The average Bonchev–Trinajstić information content (AvgIpc) is 2.03. The average molecular weight is 250 g/mol. The van der Waals surface area contributed by atoms with Crippen LogP contribution in [0.25, 0.3) is 0 Å². The summed E-state index contributed by atoms with van der Waals surface area (Å²) in [6.07, 6.45) is 7.89. The zero-order valence-electron chi connectivity index (χ0n) is 7.26. The minimum absolute atomic E-state index is 0. The molecule has 72 valence electrons. The van der Waals surface area contributed by atoms with Crippen molar-refractivity contribution in [1.29, 1.82) is 0 Å². The van der Waals surface area contributed by atoms with Gasteiger partial charge in [0.05, 0.1) is 0 Å². The van der Waals surface area contributed by atoms with Gasteiger partial charge < -0.3 is 10.2 Å². The first-order valence-electron chi connectivity index (χ1n) is 4.63. The summed E-state index contributed by atoms with van der Waals surface area (Å²) >= 11 is 0. The molecule has 0 amide bonds. The van der Waals surface area contributed by atoms with Gasteiger partial charge in [-0.15, -0.1) is 0 Å². The molecule has 0 heterocycles. The first-order chi connectivity index (χ1) is 5.41. The molecule has 3 heteroatoms. The van der Waals surface area contributed by atoms with Crippen LogP contribution >= 0.6 is 0 Å². The monoisotopic (exact) mass is 250 g/mol. The predicted molar refractivity (Wildman–Crippen MR) is 55.0 cm³/mol. The van der Waals surface area contributed by atoms with Gasteiger partial charge in [0, 0.05) is 13.2 Å². The number of unbranched alkanes of at least 4 members (excludes halogenated alkanes) is 6. The van der Waals surface area contributed by atoms with Crippen LogP contribution in [0.4, 0.5) is 0 Å². The normalized spacial score (nSPS) is 9.50. The molecule has 0 aromatic carbocycles. The van der Waals surface area contributed by atoms with Crippen LogP contribution in [0, 0.1) is 0 Å². The predicted octanol–water partition coefficient (Wildman–Crippen LogP) is 0.785. The van der Waals surface area contributed by atoms with Crippen molar-refractivity contribution >= 4 is 45.5 Å². The van der Waals surface area contributed by atoms with Crippen LogP contribution in [0.15, 0.2) is 0 Å². The minimum atomic E-state index is 0. The molecule has 0 unspecified atom stereocenters. The summed E-state index contributed by atoms with van der Waals surface area (Å²) < 4.78 is 0. The van der Waals surface area contributed by atoms with E-state index in [1.165, 1.54) is 19.3 Å². The molecule has 0 aromatic heterocycles. The molecule has 0 saturated carbocycles. The van der Waals surface area contributed by atoms with Gasteiger partial charge >= 0.3 is 45.5 Å². The van der Waals surface area contributed by atoms with E-state index in [0.717, 1.165) is 25.7 Å². The molecule has 0 saturated heterocycles. The number of hydrogen-bond donors (Lipinski definition) is 2. The van der Waals surface area contributed by atoms with Crippen LogP contribution < -0.4 is 0 Å². The summed E-state index contributed by atoms with van der Waals surface area (Å²) in [6, 6.07) is 0.